The first-order chi connectivity index (χ1) is 15.3. The summed E-state index contributed by atoms with van der Waals surface area (Å²) in [5.41, 5.74) is 4.98. The molecule has 1 N–H and O–H groups in total. The molecule has 5 rings (SSSR count). The third-order valence-corrected chi connectivity index (χ3v) is 6.31. The molecule has 0 aliphatic carbocycles. The maximum absolute atomic E-state index is 5.49. The van der Waals surface area contributed by atoms with E-state index in [2.05, 4.69) is 57.4 Å². The molecule has 2 aromatic heterocycles. The Morgan fingerprint density at radius 1 is 1.00 bits per heavy atom. The Bertz CT molecular complexity index is 1110. The number of methoxy groups -OCH3 is 1. The number of fused-ring (bicyclic) bond motifs is 1. The zero-order chi connectivity index (χ0) is 21.0. The Labute approximate surface area is 183 Å². The molecule has 0 saturated carbocycles. The smallest absolute Gasteiger partial charge is 0.133 e. The number of benzene rings is 2. The van der Waals surface area contributed by atoms with E-state index < -0.39 is 0 Å². The lowest BCUT2D eigenvalue weighted by Gasteiger charge is -2.36. The van der Waals surface area contributed by atoms with E-state index in [1.165, 1.54) is 28.6 Å². The summed E-state index contributed by atoms with van der Waals surface area (Å²) < 4.78 is 10.9. The minimum absolute atomic E-state index is 0.918. The van der Waals surface area contributed by atoms with Crippen LogP contribution in [0.4, 0.5) is 5.69 Å². The second-order valence-electron chi connectivity index (χ2n) is 8.18. The molecule has 1 aliphatic rings. The van der Waals surface area contributed by atoms with Gasteiger partial charge in [0.25, 0.3) is 0 Å². The fourth-order valence-electron chi connectivity index (χ4n) is 4.49. The summed E-state index contributed by atoms with van der Waals surface area (Å²) in [4.78, 5) is 8.45. The number of aryl methyl sites for hydroxylation is 1. The minimum Gasteiger partial charge on any atom is -0.497 e. The summed E-state index contributed by atoms with van der Waals surface area (Å²) in [7, 11) is 1.72. The molecule has 1 saturated heterocycles. The number of anilines is 1. The molecule has 31 heavy (non-hydrogen) atoms. The first-order valence-electron chi connectivity index (χ1n) is 11.1. The van der Waals surface area contributed by atoms with E-state index in [-0.39, 0.29) is 0 Å². The first kappa shape index (κ1) is 19.8. The molecule has 4 aromatic rings. The summed E-state index contributed by atoms with van der Waals surface area (Å²) >= 11 is 0. The van der Waals surface area contributed by atoms with E-state index in [0.29, 0.717) is 0 Å². The molecule has 0 radical (unpaired) electrons. The highest BCUT2D eigenvalue weighted by molar-refractivity contribution is 5.84. The van der Waals surface area contributed by atoms with Crippen molar-refractivity contribution in [1.82, 2.24) is 9.88 Å². The van der Waals surface area contributed by atoms with Gasteiger partial charge in [0.1, 0.15) is 11.5 Å². The van der Waals surface area contributed by atoms with Gasteiger partial charge in [-0.05, 0) is 79.5 Å². The third-order valence-electron chi connectivity index (χ3n) is 6.31. The molecule has 3 heterocycles. The maximum Gasteiger partial charge on any atom is 0.133 e. The highest BCUT2D eigenvalue weighted by atomic mass is 16.5. The van der Waals surface area contributed by atoms with Crippen molar-refractivity contribution in [3.8, 4) is 17.1 Å². The van der Waals surface area contributed by atoms with Gasteiger partial charge in [0, 0.05) is 54.5 Å². The number of ether oxygens (including phenoxy) is 1. The number of furan rings is 1. The van der Waals surface area contributed by atoms with Gasteiger partial charge in [-0.15, -0.1) is 0 Å². The predicted molar refractivity (Wildman–Crippen MR) is 126 cm³/mol. The van der Waals surface area contributed by atoms with Crippen LogP contribution >= 0.6 is 0 Å². The average Bonchev–Trinajstić information content (AvgIpc) is 3.50. The Balaban J connectivity index is 1.11. The van der Waals surface area contributed by atoms with Gasteiger partial charge in [0.05, 0.1) is 13.4 Å². The van der Waals surface area contributed by atoms with Crippen molar-refractivity contribution >= 4 is 16.6 Å². The lowest BCUT2D eigenvalue weighted by Crippen LogP contribution is -2.46. The quantitative estimate of drug-likeness (QED) is 0.451. The topological polar surface area (TPSA) is 44.6 Å². The van der Waals surface area contributed by atoms with Crippen LogP contribution in [-0.4, -0.2) is 49.7 Å². The molecule has 5 heteroatoms. The number of aromatic nitrogens is 1. The van der Waals surface area contributed by atoms with Gasteiger partial charge in [0.15, 0.2) is 0 Å². The minimum atomic E-state index is 0.918. The highest BCUT2D eigenvalue weighted by Crippen LogP contribution is 2.26. The first-order valence-corrected chi connectivity index (χ1v) is 11.1. The SMILES string of the molecule is COc1ccc2[nH]cc(CCCN3CCN(c4ccc(-c5ccco5)cc4)CC3)c2c1. The van der Waals surface area contributed by atoms with Gasteiger partial charge in [-0.3, -0.25) is 4.90 Å². The van der Waals surface area contributed by atoms with Crippen molar-refractivity contribution in [2.24, 2.45) is 0 Å². The Kier molecular flexibility index (Phi) is 5.67. The molecule has 1 aliphatic heterocycles. The molecule has 0 bridgehead atoms. The van der Waals surface area contributed by atoms with Crippen molar-refractivity contribution in [2.45, 2.75) is 12.8 Å². The second kappa shape index (κ2) is 8.90. The predicted octanol–water partition coefficient (Wildman–Crippen LogP) is 5.19. The maximum atomic E-state index is 5.49. The van der Waals surface area contributed by atoms with Crippen molar-refractivity contribution in [1.29, 1.82) is 0 Å². The van der Waals surface area contributed by atoms with E-state index in [9.17, 15) is 0 Å². The van der Waals surface area contributed by atoms with Crippen molar-refractivity contribution in [3.05, 3.63) is 72.6 Å². The van der Waals surface area contributed by atoms with Gasteiger partial charge in [-0.25, -0.2) is 0 Å². The number of hydrogen-bond donors (Lipinski definition) is 1. The molecule has 0 unspecified atom stereocenters. The monoisotopic (exact) mass is 415 g/mol. The molecule has 0 amide bonds. The van der Waals surface area contributed by atoms with Crippen LogP contribution in [0, 0.1) is 0 Å². The van der Waals surface area contributed by atoms with E-state index in [0.717, 1.165) is 56.2 Å². The number of hydrogen-bond acceptors (Lipinski definition) is 4. The van der Waals surface area contributed by atoms with Gasteiger partial charge in [-0.2, -0.15) is 0 Å². The van der Waals surface area contributed by atoms with Crippen molar-refractivity contribution in [3.63, 3.8) is 0 Å². The molecule has 1 fully saturated rings. The molecule has 5 nitrogen and oxygen atoms in total. The number of nitrogens with zero attached hydrogens (tertiary/aromatic N) is 2. The molecule has 0 atom stereocenters. The van der Waals surface area contributed by atoms with Crippen LogP contribution in [0.1, 0.15) is 12.0 Å². The Hall–Kier alpha value is -3.18. The van der Waals surface area contributed by atoms with Crippen LogP contribution < -0.4 is 9.64 Å². The number of nitrogens with one attached hydrogen (secondary N) is 1. The Morgan fingerprint density at radius 2 is 1.84 bits per heavy atom. The van der Waals surface area contributed by atoms with E-state index >= 15 is 0 Å². The van der Waals surface area contributed by atoms with Crippen LogP contribution in [0.15, 0.2) is 71.5 Å². The van der Waals surface area contributed by atoms with Gasteiger partial charge < -0.3 is 19.0 Å². The summed E-state index contributed by atoms with van der Waals surface area (Å²) in [6.45, 7) is 5.51. The fourth-order valence-corrected chi connectivity index (χ4v) is 4.49. The van der Waals surface area contributed by atoms with Crippen LogP contribution in [0.2, 0.25) is 0 Å². The molecule has 160 valence electrons. The lowest BCUT2D eigenvalue weighted by molar-refractivity contribution is 0.255. The number of piperazine rings is 1. The zero-order valence-corrected chi connectivity index (χ0v) is 18.0. The highest BCUT2D eigenvalue weighted by Gasteiger charge is 2.17. The van der Waals surface area contributed by atoms with E-state index in [1.807, 2.05) is 18.2 Å². The van der Waals surface area contributed by atoms with Crippen molar-refractivity contribution in [2.75, 3.05) is 44.7 Å². The van der Waals surface area contributed by atoms with Crippen LogP contribution in [0.25, 0.3) is 22.2 Å². The van der Waals surface area contributed by atoms with E-state index in [1.54, 1.807) is 13.4 Å². The summed E-state index contributed by atoms with van der Waals surface area (Å²) in [6, 6.07) is 18.9. The Morgan fingerprint density at radius 3 is 2.58 bits per heavy atom. The van der Waals surface area contributed by atoms with Gasteiger partial charge in [-0.1, -0.05) is 0 Å². The van der Waals surface area contributed by atoms with Crippen LogP contribution in [0.3, 0.4) is 0 Å². The van der Waals surface area contributed by atoms with Gasteiger partial charge in [0.2, 0.25) is 0 Å². The molecule has 2 aromatic carbocycles. The van der Waals surface area contributed by atoms with Crippen LogP contribution in [-0.2, 0) is 6.42 Å². The van der Waals surface area contributed by atoms with E-state index in [4.69, 9.17) is 9.15 Å². The molecular weight excluding hydrogens is 386 g/mol. The summed E-state index contributed by atoms with van der Waals surface area (Å²) in [5.74, 6) is 1.84. The summed E-state index contributed by atoms with van der Waals surface area (Å²) in [5, 5.41) is 1.28. The zero-order valence-electron chi connectivity index (χ0n) is 18.0. The van der Waals surface area contributed by atoms with Crippen molar-refractivity contribution < 1.29 is 9.15 Å². The third kappa shape index (κ3) is 4.32. The normalized spacial score (nSPS) is 14.9. The number of aromatic amines is 1. The summed E-state index contributed by atoms with van der Waals surface area (Å²) in [6.07, 6.45) is 6.12. The van der Waals surface area contributed by atoms with Crippen LogP contribution in [0.5, 0.6) is 5.75 Å². The van der Waals surface area contributed by atoms with Gasteiger partial charge >= 0.3 is 0 Å². The standard InChI is InChI=1S/C26H29N3O2/c1-30-23-10-11-25-24(18-23)21(19-27-25)4-2-12-28-13-15-29(16-14-28)22-8-6-20(7-9-22)26-5-3-17-31-26/h3,5-11,17-19,27H,2,4,12-16H2,1H3. The average molecular weight is 416 g/mol. The second-order valence-corrected chi connectivity index (χ2v) is 8.18. The number of H-pyrrole nitrogens is 1. The lowest BCUT2D eigenvalue weighted by atomic mass is 10.1. The largest absolute Gasteiger partial charge is 0.497 e. The number of rotatable bonds is 7. The molecular formula is C26H29N3O2. The fraction of sp³-hybridized carbons (Fsp3) is 0.308. The molecule has 0 spiro atoms.